The predicted molar refractivity (Wildman–Crippen MR) is 73.3 cm³/mol. The van der Waals surface area contributed by atoms with Crippen LogP contribution in [-0.2, 0) is 14.6 Å². The number of benzene rings is 1. The molecule has 1 heterocycles. The minimum atomic E-state index is -3.27. The van der Waals surface area contributed by atoms with Crippen molar-refractivity contribution in [2.75, 3.05) is 13.2 Å². The third-order valence-corrected chi connectivity index (χ3v) is 6.35. The predicted octanol–water partition coefficient (Wildman–Crippen LogP) is 2.62. The third-order valence-electron chi connectivity index (χ3n) is 2.53. The molecule has 1 aromatic carbocycles. The molecule has 2 rings (SSSR count). The Hall–Kier alpha value is 0.340. The van der Waals surface area contributed by atoms with Gasteiger partial charge in [-0.05, 0) is 63.1 Å². The van der Waals surface area contributed by atoms with Crippen molar-refractivity contribution >= 4 is 48.4 Å². The Balaban J connectivity index is 2.46. The van der Waals surface area contributed by atoms with Crippen molar-refractivity contribution in [3.05, 3.63) is 26.2 Å². The molecule has 0 N–H and O–H groups in total. The van der Waals surface area contributed by atoms with E-state index in [9.17, 15) is 8.42 Å². The molecular weight excluding hydrogens is 407 g/mol. The summed E-state index contributed by atoms with van der Waals surface area (Å²) in [6, 6.07) is 5.33. The summed E-state index contributed by atoms with van der Waals surface area (Å²) in [6.45, 7) is 0.839. The fraction of sp³-hybridized carbons (Fsp3) is 0.400. The van der Waals surface area contributed by atoms with Crippen LogP contribution in [0.5, 0.6) is 0 Å². The molecule has 1 saturated heterocycles. The molecule has 1 aliphatic heterocycles. The lowest BCUT2D eigenvalue weighted by molar-refractivity contribution is 0.198. The molecule has 0 aromatic heterocycles. The van der Waals surface area contributed by atoms with Gasteiger partial charge in [0.05, 0.1) is 16.8 Å². The van der Waals surface area contributed by atoms with Crippen LogP contribution in [0, 0.1) is 3.57 Å². The van der Waals surface area contributed by atoms with Crippen molar-refractivity contribution < 1.29 is 13.2 Å². The van der Waals surface area contributed by atoms with E-state index < -0.39 is 15.1 Å². The fourth-order valence-electron chi connectivity index (χ4n) is 1.63. The lowest BCUT2D eigenvalue weighted by Crippen LogP contribution is -2.21. The average molecular weight is 417 g/mol. The van der Waals surface area contributed by atoms with Crippen LogP contribution >= 0.6 is 38.5 Å². The molecule has 3 nitrogen and oxygen atoms in total. The molecule has 88 valence electrons. The van der Waals surface area contributed by atoms with Crippen LogP contribution in [0.4, 0.5) is 0 Å². The Labute approximate surface area is 117 Å². The summed E-state index contributed by atoms with van der Waals surface area (Å²) in [5.74, 6) is 0. The van der Waals surface area contributed by atoms with Crippen molar-refractivity contribution in [1.29, 1.82) is 0 Å². The smallest absolute Gasteiger partial charge is 0.184 e. The normalized spacial score (nSPS) is 21.2. The summed E-state index contributed by atoms with van der Waals surface area (Å²) in [6.07, 6.45) is 0.584. The first-order valence-corrected chi connectivity index (χ1v) is 8.20. The topological polar surface area (TPSA) is 43.4 Å². The van der Waals surface area contributed by atoms with Gasteiger partial charge in [-0.3, -0.25) is 0 Å². The zero-order valence-electron chi connectivity index (χ0n) is 8.32. The van der Waals surface area contributed by atoms with Crippen LogP contribution in [0.15, 0.2) is 27.6 Å². The molecule has 0 bridgehead atoms. The van der Waals surface area contributed by atoms with E-state index in [1.54, 1.807) is 12.1 Å². The van der Waals surface area contributed by atoms with Crippen molar-refractivity contribution in [2.24, 2.45) is 0 Å². The van der Waals surface area contributed by atoms with Gasteiger partial charge < -0.3 is 4.74 Å². The van der Waals surface area contributed by atoms with Gasteiger partial charge in [-0.15, -0.1) is 0 Å². The SMILES string of the molecule is O=S(=O)(c1cc(I)ccc1Br)C1CCOC1. The van der Waals surface area contributed by atoms with Crippen LogP contribution < -0.4 is 0 Å². The Bertz CT molecular complexity index is 495. The van der Waals surface area contributed by atoms with E-state index in [0.29, 0.717) is 29.0 Å². The number of sulfone groups is 1. The van der Waals surface area contributed by atoms with Crippen LogP contribution in [0.2, 0.25) is 0 Å². The lowest BCUT2D eigenvalue weighted by atomic mass is 10.4. The van der Waals surface area contributed by atoms with E-state index in [4.69, 9.17) is 4.74 Å². The lowest BCUT2D eigenvalue weighted by Gasteiger charge is -2.11. The van der Waals surface area contributed by atoms with E-state index in [2.05, 4.69) is 38.5 Å². The van der Waals surface area contributed by atoms with Gasteiger partial charge in [0.2, 0.25) is 0 Å². The zero-order chi connectivity index (χ0) is 11.8. The van der Waals surface area contributed by atoms with Crippen molar-refractivity contribution in [3.63, 3.8) is 0 Å². The first kappa shape index (κ1) is 12.8. The van der Waals surface area contributed by atoms with Crippen LogP contribution in [-0.4, -0.2) is 26.9 Å². The molecule has 1 aromatic rings. The average Bonchev–Trinajstić information content (AvgIpc) is 2.75. The molecule has 1 atom stereocenters. The van der Waals surface area contributed by atoms with Gasteiger partial charge in [0.25, 0.3) is 0 Å². The van der Waals surface area contributed by atoms with Gasteiger partial charge in [-0.25, -0.2) is 8.42 Å². The highest BCUT2D eigenvalue weighted by Crippen LogP contribution is 2.29. The van der Waals surface area contributed by atoms with Crippen molar-refractivity contribution in [2.45, 2.75) is 16.6 Å². The molecule has 1 aliphatic rings. The van der Waals surface area contributed by atoms with Crippen LogP contribution in [0.25, 0.3) is 0 Å². The third kappa shape index (κ3) is 2.44. The van der Waals surface area contributed by atoms with Crippen LogP contribution in [0.1, 0.15) is 6.42 Å². The number of hydrogen-bond acceptors (Lipinski definition) is 3. The van der Waals surface area contributed by atoms with E-state index in [0.717, 1.165) is 3.57 Å². The largest absolute Gasteiger partial charge is 0.380 e. The number of ether oxygens (including phenoxy) is 1. The summed E-state index contributed by atoms with van der Waals surface area (Å²) in [5, 5.41) is -0.401. The Morgan fingerprint density at radius 2 is 2.19 bits per heavy atom. The standard InChI is InChI=1S/C10H10BrIO3S/c11-9-2-1-7(12)5-10(9)16(13,14)8-3-4-15-6-8/h1-2,5,8H,3-4,6H2. The highest BCUT2D eigenvalue weighted by atomic mass is 127. The molecule has 0 spiro atoms. The number of rotatable bonds is 2. The summed E-state index contributed by atoms with van der Waals surface area (Å²) in [7, 11) is -3.27. The molecule has 6 heteroatoms. The molecular formula is C10H10BrIO3S. The number of hydrogen-bond donors (Lipinski definition) is 0. The van der Waals surface area contributed by atoms with E-state index >= 15 is 0 Å². The molecule has 0 radical (unpaired) electrons. The van der Waals surface area contributed by atoms with Crippen molar-refractivity contribution in [3.8, 4) is 0 Å². The van der Waals surface area contributed by atoms with Crippen molar-refractivity contribution in [1.82, 2.24) is 0 Å². The summed E-state index contributed by atoms with van der Waals surface area (Å²) in [4.78, 5) is 0.370. The number of halogens is 2. The Kier molecular flexibility index (Phi) is 3.93. The van der Waals surface area contributed by atoms with E-state index in [-0.39, 0.29) is 0 Å². The molecule has 0 amide bonds. The maximum Gasteiger partial charge on any atom is 0.184 e. The van der Waals surface area contributed by atoms with Crippen LogP contribution in [0.3, 0.4) is 0 Å². The Morgan fingerprint density at radius 1 is 1.44 bits per heavy atom. The molecule has 0 saturated carbocycles. The highest BCUT2D eigenvalue weighted by molar-refractivity contribution is 14.1. The first-order chi connectivity index (χ1) is 7.51. The molecule has 16 heavy (non-hydrogen) atoms. The second kappa shape index (κ2) is 4.91. The summed E-state index contributed by atoms with van der Waals surface area (Å²) < 4.78 is 31.3. The second-order valence-corrected chi connectivity index (χ2v) is 7.90. The highest BCUT2D eigenvalue weighted by Gasteiger charge is 2.32. The summed E-state index contributed by atoms with van der Waals surface area (Å²) in [5.41, 5.74) is 0. The fourth-order valence-corrected chi connectivity index (χ4v) is 4.93. The van der Waals surface area contributed by atoms with E-state index in [1.165, 1.54) is 0 Å². The van der Waals surface area contributed by atoms with E-state index in [1.807, 2.05) is 6.07 Å². The molecule has 1 unspecified atom stereocenters. The maximum absolute atomic E-state index is 12.3. The minimum Gasteiger partial charge on any atom is -0.380 e. The van der Waals surface area contributed by atoms with Gasteiger partial charge >= 0.3 is 0 Å². The summed E-state index contributed by atoms with van der Waals surface area (Å²) >= 11 is 5.40. The zero-order valence-corrected chi connectivity index (χ0v) is 12.9. The Morgan fingerprint density at radius 3 is 2.81 bits per heavy atom. The monoisotopic (exact) mass is 416 g/mol. The quantitative estimate of drug-likeness (QED) is 0.696. The van der Waals surface area contributed by atoms with Gasteiger partial charge in [0.1, 0.15) is 0 Å². The molecule has 1 fully saturated rings. The van der Waals surface area contributed by atoms with Gasteiger partial charge in [0, 0.05) is 14.6 Å². The van der Waals surface area contributed by atoms with Gasteiger partial charge in [0.15, 0.2) is 9.84 Å². The maximum atomic E-state index is 12.3. The van der Waals surface area contributed by atoms with Gasteiger partial charge in [-0.1, -0.05) is 0 Å². The minimum absolute atomic E-state index is 0.306. The first-order valence-electron chi connectivity index (χ1n) is 4.78. The second-order valence-electron chi connectivity index (χ2n) is 3.61. The van der Waals surface area contributed by atoms with Gasteiger partial charge in [-0.2, -0.15) is 0 Å². The molecule has 0 aliphatic carbocycles.